The minimum atomic E-state index is -0.187. The van der Waals surface area contributed by atoms with Gasteiger partial charge in [-0.25, -0.2) is 5.43 Å². The van der Waals surface area contributed by atoms with Crippen molar-refractivity contribution in [3.8, 4) is 0 Å². The van der Waals surface area contributed by atoms with Crippen LogP contribution in [-0.2, 0) is 0 Å². The van der Waals surface area contributed by atoms with E-state index in [-0.39, 0.29) is 11.8 Å². The molecule has 0 atom stereocenters. The molecule has 3 nitrogen and oxygen atoms in total. The number of nitrogens with zero attached hydrogens (tertiary/aromatic N) is 1. The van der Waals surface area contributed by atoms with Crippen LogP contribution in [0.5, 0.6) is 0 Å². The highest BCUT2D eigenvalue weighted by molar-refractivity contribution is 6.03. The average molecular weight is 280 g/mol. The van der Waals surface area contributed by atoms with Crippen LogP contribution in [0.15, 0.2) is 59.7 Å². The predicted octanol–water partition coefficient (Wildman–Crippen LogP) is 3.79. The molecule has 2 aromatic carbocycles. The third-order valence-electron chi connectivity index (χ3n) is 3.17. The van der Waals surface area contributed by atoms with Gasteiger partial charge in [0.1, 0.15) is 0 Å². The highest BCUT2D eigenvalue weighted by atomic mass is 16.2. The molecular weight excluding hydrogens is 260 g/mol. The zero-order valence-corrected chi connectivity index (χ0v) is 12.6. The maximum absolute atomic E-state index is 12.1. The molecule has 0 aliphatic rings. The summed E-state index contributed by atoms with van der Waals surface area (Å²) < 4.78 is 0. The molecule has 0 bridgehead atoms. The van der Waals surface area contributed by atoms with Crippen LogP contribution < -0.4 is 5.43 Å². The van der Waals surface area contributed by atoms with Gasteiger partial charge in [0, 0.05) is 5.56 Å². The minimum Gasteiger partial charge on any atom is -0.267 e. The van der Waals surface area contributed by atoms with Gasteiger partial charge >= 0.3 is 0 Å². The van der Waals surface area contributed by atoms with Crippen molar-refractivity contribution in [3.63, 3.8) is 0 Å². The summed E-state index contributed by atoms with van der Waals surface area (Å²) in [5.74, 6) is 0.0398. The van der Waals surface area contributed by atoms with Gasteiger partial charge in [0.2, 0.25) is 0 Å². The molecule has 0 saturated heterocycles. The Labute approximate surface area is 125 Å². The lowest BCUT2D eigenvalue weighted by molar-refractivity contribution is 0.0954. The Bertz CT molecular complexity index is 645. The second kappa shape index (κ2) is 6.84. The van der Waals surface area contributed by atoms with Crippen molar-refractivity contribution < 1.29 is 4.79 Å². The van der Waals surface area contributed by atoms with Crippen molar-refractivity contribution in [2.45, 2.75) is 20.8 Å². The number of carbonyl (C=O) groups is 1. The quantitative estimate of drug-likeness (QED) is 0.672. The first kappa shape index (κ1) is 15.0. The zero-order chi connectivity index (χ0) is 15.2. The number of rotatable bonds is 4. The van der Waals surface area contributed by atoms with Crippen LogP contribution in [0.4, 0.5) is 0 Å². The summed E-state index contributed by atoms with van der Waals surface area (Å²) in [6.45, 7) is 6.08. The number of hydrogen-bond donors (Lipinski definition) is 1. The number of hydrogen-bond acceptors (Lipinski definition) is 2. The fourth-order valence-electron chi connectivity index (χ4n) is 2.10. The summed E-state index contributed by atoms with van der Waals surface area (Å²) in [7, 11) is 0. The summed E-state index contributed by atoms with van der Waals surface area (Å²) in [5.41, 5.74) is 6.23. The van der Waals surface area contributed by atoms with E-state index in [0.29, 0.717) is 5.56 Å². The number of benzene rings is 2. The first-order valence-corrected chi connectivity index (χ1v) is 7.08. The van der Waals surface area contributed by atoms with Crippen molar-refractivity contribution in [3.05, 3.63) is 71.3 Å². The zero-order valence-electron chi connectivity index (χ0n) is 12.6. The fraction of sp³-hybridized carbons (Fsp3) is 0.222. The van der Waals surface area contributed by atoms with Gasteiger partial charge in [-0.2, -0.15) is 5.10 Å². The molecule has 0 unspecified atom stereocenters. The molecule has 1 N–H and O–H groups in total. The number of nitrogens with one attached hydrogen (secondary N) is 1. The van der Waals surface area contributed by atoms with E-state index >= 15 is 0 Å². The van der Waals surface area contributed by atoms with E-state index in [4.69, 9.17) is 0 Å². The molecule has 1 amide bonds. The van der Waals surface area contributed by atoms with Gasteiger partial charge in [0.05, 0.1) is 5.71 Å². The Morgan fingerprint density at radius 2 is 1.67 bits per heavy atom. The first-order valence-electron chi connectivity index (χ1n) is 7.08. The number of carbonyl (C=O) groups excluding carboxylic acids is 1. The number of hydrazone groups is 1. The maximum atomic E-state index is 12.1. The smallest absolute Gasteiger partial charge is 0.267 e. The molecule has 108 valence electrons. The van der Waals surface area contributed by atoms with Gasteiger partial charge in [-0.3, -0.25) is 4.79 Å². The van der Waals surface area contributed by atoms with Crippen molar-refractivity contribution in [2.24, 2.45) is 11.0 Å². The summed E-state index contributed by atoms with van der Waals surface area (Å²) >= 11 is 0. The molecule has 2 aromatic rings. The summed E-state index contributed by atoms with van der Waals surface area (Å²) in [5, 5.41) is 4.32. The number of aryl methyl sites for hydroxylation is 1. The molecule has 0 saturated carbocycles. The SMILES string of the molecule is Cc1cccc(C(=O)NN=C(c2ccccc2)C(C)C)c1. The van der Waals surface area contributed by atoms with E-state index in [1.54, 1.807) is 6.07 Å². The van der Waals surface area contributed by atoms with Crippen molar-refractivity contribution in [1.29, 1.82) is 0 Å². The van der Waals surface area contributed by atoms with Crippen molar-refractivity contribution in [1.82, 2.24) is 5.43 Å². The Morgan fingerprint density at radius 3 is 2.29 bits per heavy atom. The van der Waals surface area contributed by atoms with Gasteiger partial charge < -0.3 is 0 Å². The first-order chi connectivity index (χ1) is 10.1. The van der Waals surface area contributed by atoms with Gasteiger partial charge in [0.25, 0.3) is 5.91 Å². The van der Waals surface area contributed by atoms with E-state index in [1.165, 1.54) is 0 Å². The highest BCUT2D eigenvalue weighted by Crippen LogP contribution is 2.09. The van der Waals surface area contributed by atoms with Gasteiger partial charge in [-0.15, -0.1) is 0 Å². The summed E-state index contributed by atoms with van der Waals surface area (Å²) in [6, 6.07) is 17.4. The molecule has 0 spiro atoms. The van der Waals surface area contributed by atoms with Crippen LogP contribution >= 0.6 is 0 Å². The predicted molar refractivity (Wildman–Crippen MR) is 86.5 cm³/mol. The van der Waals surface area contributed by atoms with E-state index in [1.807, 2.05) is 55.5 Å². The van der Waals surface area contributed by atoms with E-state index in [2.05, 4.69) is 24.4 Å². The lowest BCUT2D eigenvalue weighted by atomic mass is 10.0. The van der Waals surface area contributed by atoms with Gasteiger partial charge in [-0.05, 0) is 30.5 Å². The van der Waals surface area contributed by atoms with E-state index < -0.39 is 0 Å². The normalized spacial score (nSPS) is 11.5. The molecule has 3 heteroatoms. The van der Waals surface area contributed by atoms with Crippen LogP contribution in [0, 0.1) is 12.8 Å². The Morgan fingerprint density at radius 1 is 1.00 bits per heavy atom. The Hall–Kier alpha value is -2.42. The molecule has 0 aliphatic carbocycles. The highest BCUT2D eigenvalue weighted by Gasteiger charge is 2.10. The fourth-order valence-corrected chi connectivity index (χ4v) is 2.10. The van der Waals surface area contributed by atoms with Crippen LogP contribution in [0.25, 0.3) is 0 Å². The summed E-state index contributed by atoms with van der Waals surface area (Å²) in [6.07, 6.45) is 0. The minimum absolute atomic E-state index is 0.187. The van der Waals surface area contributed by atoms with Crippen LogP contribution in [0.1, 0.15) is 35.3 Å². The standard InChI is InChI=1S/C18H20N2O/c1-13(2)17(15-9-5-4-6-10-15)19-20-18(21)16-11-7-8-14(3)12-16/h4-13H,1-3H3,(H,20,21). The van der Waals surface area contributed by atoms with E-state index in [0.717, 1.165) is 16.8 Å². The number of amides is 1. The van der Waals surface area contributed by atoms with Crippen molar-refractivity contribution >= 4 is 11.6 Å². The molecule has 0 fully saturated rings. The molecule has 0 aromatic heterocycles. The van der Waals surface area contributed by atoms with Crippen molar-refractivity contribution in [2.75, 3.05) is 0 Å². The van der Waals surface area contributed by atoms with E-state index in [9.17, 15) is 4.79 Å². The molecule has 21 heavy (non-hydrogen) atoms. The monoisotopic (exact) mass is 280 g/mol. The van der Waals surface area contributed by atoms with Crippen LogP contribution in [-0.4, -0.2) is 11.6 Å². The molecule has 0 heterocycles. The second-order valence-corrected chi connectivity index (χ2v) is 5.33. The summed E-state index contributed by atoms with van der Waals surface area (Å²) in [4.78, 5) is 12.1. The largest absolute Gasteiger partial charge is 0.271 e. The van der Waals surface area contributed by atoms with Gasteiger partial charge in [0.15, 0.2) is 0 Å². The second-order valence-electron chi connectivity index (χ2n) is 5.33. The lowest BCUT2D eigenvalue weighted by Crippen LogP contribution is -2.22. The Kier molecular flexibility index (Phi) is 4.88. The maximum Gasteiger partial charge on any atom is 0.271 e. The molecule has 0 aliphatic heterocycles. The van der Waals surface area contributed by atoms with Crippen LogP contribution in [0.3, 0.4) is 0 Å². The third-order valence-corrected chi connectivity index (χ3v) is 3.17. The molecular formula is C18H20N2O. The van der Waals surface area contributed by atoms with Crippen LogP contribution in [0.2, 0.25) is 0 Å². The molecule has 2 rings (SSSR count). The molecule has 0 radical (unpaired) electrons. The topological polar surface area (TPSA) is 41.5 Å². The third kappa shape index (κ3) is 4.02. The lowest BCUT2D eigenvalue weighted by Gasteiger charge is -2.10. The average Bonchev–Trinajstić information content (AvgIpc) is 2.48. The van der Waals surface area contributed by atoms with Gasteiger partial charge in [-0.1, -0.05) is 61.9 Å². The Balaban J connectivity index is 2.19.